The molecule has 0 bridgehead atoms. The first-order valence-corrected chi connectivity index (χ1v) is 14.7. The Kier molecular flexibility index (Phi) is 6.87. The third-order valence-corrected chi connectivity index (χ3v) is 10.1. The predicted octanol–water partition coefficient (Wildman–Crippen LogP) is 8.27. The fourth-order valence-corrected chi connectivity index (χ4v) is 8.10. The average molecular weight is 560 g/mol. The molecule has 1 N–H and O–H groups in total. The first kappa shape index (κ1) is 27.7. The van der Waals surface area contributed by atoms with E-state index >= 15 is 0 Å². The van der Waals surface area contributed by atoms with Crippen LogP contribution in [0.1, 0.15) is 100 Å². The zero-order chi connectivity index (χ0) is 29.1. The molecule has 6 heteroatoms. The maximum atomic E-state index is 13.5. The van der Waals surface area contributed by atoms with Gasteiger partial charge in [0.25, 0.3) is 5.91 Å². The highest BCUT2D eigenvalue weighted by Crippen LogP contribution is 2.59. The molecule has 3 aromatic rings. The van der Waals surface area contributed by atoms with Gasteiger partial charge in [0, 0.05) is 17.4 Å². The Bertz CT molecular complexity index is 1490. The fraction of sp³-hybridized carbons (Fsp3) is 0.429. The van der Waals surface area contributed by atoms with Gasteiger partial charge in [-0.2, -0.15) is 13.2 Å². The van der Waals surface area contributed by atoms with Crippen LogP contribution in [0.2, 0.25) is 0 Å². The Labute approximate surface area is 239 Å². The zero-order valence-corrected chi connectivity index (χ0v) is 23.8. The summed E-state index contributed by atoms with van der Waals surface area (Å²) in [5, 5.41) is 3.12. The first-order chi connectivity index (χ1) is 19.4. The highest BCUT2D eigenvalue weighted by molar-refractivity contribution is 5.95. The lowest BCUT2D eigenvalue weighted by Gasteiger charge is -2.48. The topological polar surface area (TPSA) is 46.2 Å². The lowest BCUT2D eigenvalue weighted by molar-refractivity contribution is -0.137. The molecule has 0 radical (unpaired) electrons. The first-order valence-electron chi connectivity index (χ1n) is 14.7. The number of fused-ring (bicyclic) bond motifs is 5. The molecule has 0 saturated heterocycles. The Hall–Kier alpha value is -3.41. The third kappa shape index (κ3) is 5.00. The molecule has 0 spiro atoms. The van der Waals surface area contributed by atoms with Gasteiger partial charge in [0.15, 0.2) is 0 Å². The molecule has 0 heterocycles. The van der Waals surface area contributed by atoms with Gasteiger partial charge in [0.1, 0.15) is 5.78 Å². The molecule has 5 atom stereocenters. The number of halogens is 3. The Morgan fingerprint density at radius 1 is 0.902 bits per heavy atom. The van der Waals surface area contributed by atoms with E-state index in [2.05, 4.69) is 24.4 Å². The molecule has 1 amide bonds. The molecule has 214 valence electrons. The summed E-state index contributed by atoms with van der Waals surface area (Å²) in [6.45, 7) is 6.04. The van der Waals surface area contributed by atoms with Crippen LogP contribution in [0, 0.1) is 31.1 Å². The van der Waals surface area contributed by atoms with Gasteiger partial charge in [-0.15, -0.1) is 0 Å². The number of Topliss-reactive ketones (excluding diaryl/α,β-unsaturated/α-hetero) is 1. The summed E-state index contributed by atoms with van der Waals surface area (Å²) in [6.07, 6.45) is 1.12. The molecule has 2 saturated carbocycles. The van der Waals surface area contributed by atoms with Gasteiger partial charge in [0.2, 0.25) is 0 Å². The molecule has 1 unspecified atom stereocenters. The van der Waals surface area contributed by atoms with Crippen molar-refractivity contribution in [2.45, 2.75) is 77.4 Å². The van der Waals surface area contributed by atoms with E-state index in [4.69, 9.17) is 0 Å². The molecule has 3 aromatic carbocycles. The van der Waals surface area contributed by atoms with Crippen LogP contribution in [0.4, 0.5) is 13.2 Å². The van der Waals surface area contributed by atoms with E-state index in [9.17, 15) is 22.8 Å². The van der Waals surface area contributed by atoms with Crippen molar-refractivity contribution < 1.29 is 22.8 Å². The van der Waals surface area contributed by atoms with Gasteiger partial charge in [-0.25, -0.2) is 0 Å². The van der Waals surface area contributed by atoms with E-state index in [1.807, 2.05) is 38.1 Å². The Morgan fingerprint density at radius 3 is 2.27 bits per heavy atom. The number of hydrogen-bond acceptors (Lipinski definition) is 2. The second-order valence-electron chi connectivity index (χ2n) is 12.7. The van der Waals surface area contributed by atoms with E-state index < -0.39 is 17.8 Å². The number of nitrogens with one attached hydrogen (secondary N) is 1. The Morgan fingerprint density at radius 2 is 1.59 bits per heavy atom. The lowest BCUT2D eigenvalue weighted by atomic mass is 9.55. The number of carbonyl (C=O) groups excluding carboxylic acids is 2. The van der Waals surface area contributed by atoms with Crippen molar-refractivity contribution in [3.63, 3.8) is 0 Å². The molecule has 3 nitrogen and oxygen atoms in total. The van der Waals surface area contributed by atoms with E-state index in [1.165, 1.54) is 23.3 Å². The second kappa shape index (κ2) is 10.1. The van der Waals surface area contributed by atoms with E-state index in [0.717, 1.165) is 60.9 Å². The second-order valence-corrected chi connectivity index (χ2v) is 12.7. The Balaban J connectivity index is 1.34. The molecule has 3 aliphatic carbocycles. The van der Waals surface area contributed by atoms with Crippen molar-refractivity contribution in [3.8, 4) is 0 Å². The fourth-order valence-electron chi connectivity index (χ4n) is 8.10. The number of ketones is 1. The highest BCUT2D eigenvalue weighted by atomic mass is 19.4. The van der Waals surface area contributed by atoms with Crippen molar-refractivity contribution in [2.75, 3.05) is 0 Å². The van der Waals surface area contributed by atoms with Crippen molar-refractivity contribution in [3.05, 3.63) is 105 Å². The standard InChI is InChI=1S/C35H36F3NO2/c1-20-16-21(2)18-25(17-20)33(41)39-32(22-4-8-26(9-5-22)35(36,37)38)24-7-10-27-23(19-24)6-11-29-28(27)14-15-34(3)30(29)12-13-31(34)40/h4-5,7-10,16-19,28-30,32H,6,11-15H2,1-3H3,(H,39,41)/t28-,29-,30+,32?,34+/m1/s1. The van der Waals surface area contributed by atoms with Gasteiger partial charge in [0.05, 0.1) is 11.6 Å². The van der Waals surface area contributed by atoms with Crippen molar-refractivity contribution >= 4 is 11.7 Å². The van der Waals surface area contributed by atoms with E-state index in [-0.39, 0.29) is 11.3 Å². The maximum Gasteiger partial charge on any atom is 0.416 e. The van der Waals surface area contributed by atoms with Crippen LogP contribution in [0.3, 0.4) is 0 Å². The highest BCUT2D eigenvalue weighted by Gasteiger charge is 2.54. The predicted molar refractivity (Wildman–Crippen MR) is 153 cm³/mol. The quantitative estimate of drug-likeness (QED) is 0.350. The number of aryl methyl sites for hydroxylation is 3. The van der Waals surface area contributed by atoms with Crippen molar-refractivity contribution in [2.24, 2.45) is 17.3 Å². The minimum atomic E-state index is -4.43. The molecule has 41 heavy (non-hydrogen) atoms. The van der Waals surface area contributed by atoms with Crippen LogP contribution in [0.5, 0.6) is 0 Å². The van der Waals surface area contributed by atoms with E-state index in [1.54, 1.807) is 0 Å². The summed E-state index contributed by atoms with van der Waals surface area (Å²) in [4.78, 5) is 26.2. The van der Waals surface area contributed by atoms with Crippen molar-refractivity contribution in [1.29, 1.82) is 0 Å². The summed E-state index contributed by atoms with van der Waals surface area (Å²) < 4.78 is 39.9. The molecule has 6 rings (SSSR count). The number of benzene rings is 3. The molecule has 0 aromatic heterocycles. The molecule has 3 aliphatic rings. The summed E-state index contributed by atoms with van der Waals surface area (Å²) in [5.74, 6) is 1.54. The van der Waals surface area contributed by atoms with Crippen LogP contribution in [-0.4, -0.2) is 11.7 Å². The molecular formula is C35H36F3NO2. The van der Waals surface area contributed by atoms with Crippen LogP contribution < -0.4 is 5.32 Å². The van der Waals surface area contributed by atoms with Gasteiger partial charge in [-0.1, -0.05) is 54.4 Å². The number of carbonyl (C=O) groups is 2. The van der Waals surface area contributed by atoms with E-state index in [0.29, 0.717) is 41.1 Å². The van der Waals surface area contributed by atoms with Crippen LogP contribution in [-0.2, 0) is 17.4 Å². The lowest BCUT2D eigenvalue weighted by Crippen LogP contribution is -2.42. The van der Waals surface area contributed by atoms with Gasteiger partial charge >= 0.3 is 6.18 Å². The molecular weight excluding hydrogens is 523 g/mol. The van der Waals surface area contributed by atoms with Crippen molar-refractivity contribution in [1.82, 2.24) is 5.32 Å². The molecule has 0 aliphatic heterocycles. The zero-order valence-electron chi connectivity index (χ0n) is 23.8. The summed E-state index contributed by atoms with van der Waals surface area (Å²) >= 11 is 0. The van der Waals surface area contributed by atoms with Crippen LogP contribution >= 0.6 is 0 Å². The summed E-state index contributed by atoms with van der Waals surface area (Å²) in [5.41, 5.74) is 5.61. The van der Waals surface area contributed by atoms with Crippen LogP contribution in [0.25, 0.3) is 0 Å². The number of amides is 1. The smallest absolute Gasteiger partial charge is 0.341 e. The maximum absolute atomic E-state index is 13.5. The van der Waals surface area contributed by atoms with Crippen LogP contribution in [0.15, 0.2) is 60.7 Å². The van der Waals surface area contributed by atoms with Gasteiger partial charge in [-0.3, -0.25) is 9.59 Å². The number of rotatable bonds is 4. The normalized spacial score (nSPS) is 26.1. The molecule has 2 fully saturated rings. The SMILES string of the molecule is Cc1cc(C)cc(C(=O)NC(c2ccc(C(F)(F)F)cc2)c2ccc3c(c2)CC[C@@H]2[C@@H]3CC[C@]3(C)C(=O)CC[C@@H]23)c1. The minimum absolute atomic E-state index is 0.176. The summed E-state index contributed by atoms with van der Waals surface area (Å²) in [7, 11) is 0. The number of alkyl halides is 3. The third-order valence-electron chi connectivity index (χ3n) is 10.1. The minimum Gasteiger partial charge on any atom is -0.341 e. The van der Waals surface area contributed by atoms with Gasteiger partial charge < -0.3 is 5.32 Å². The average Bonchev–Trinajstić information content (AvgIpc) is 3.24. The summed E-state index contributed by atoms with van der Waals surface area (Å²) in [6, 6.07) is 16.5. The monoisotopic (exact) mass is 559 g/mol. The largest absolute Gasteiger partial charge is 0.416 e. The number of hydrogen-bond donors (Lipinski definition) is 1. The van der Waals surface area contributed by atoms with Gasteiger partial charge in [-0.05, 0) is 110 Å².